The number of amides is 1. The van der Waals surface area contributed by atoms with Crippen molar-refractivity contribution < 1.29 is 9.18 Å². The number of benzene rings is 2. The molecule has 0 saturated carbocycles. The summed E-state index contributed by atoms with van der Waals surface area (Å²) >= 11 is 2.62. The predicted octanol–water partition coefficient (Wildman–Crippen LogP) is 3.85. The standard InChI is InChI=1S/C17H14FN3OS2/c18-11-7-5-10(6-8-11)13-9-23-17(21-13)15(16(20)22)24-14-4-2-1-3-12(14)19/h1-9,15H,19H2,(H2,20,22). The maximum atomic E-state index is 13.0. The molecular weight excluding hydrogens is 345 g/mol. The number of nitrogens with zero attached hydrogens (tertiary/aromatic N) is 1. The van der Waals surface area contributed by atoms with Crippen LogP contribution in [-0.4, -0.2) is 10.9 Å². The second kappa shape index (κ2) is 7.02. The summed E-state index contributed by atoms with van der Waals surface area (Å²) in [5, 5.41) is 1.79. The molecule has 1 amide bonds. The normalized spacial score (nSPS) is 12.0. The third kappa shape index (κ3) is 3.58. The average molecular weight is 359 g/mol. The molecule has 1 heterocycles. The quantitative estimate of drug-likeness (QED) is 0.535. The number of anilines is 1. The molecule has 0 radical (unpaired) electrons. The van der Waals surface area contributed by atoms with Crippen molar-refractivity contribution in [1.29, 1.82) is 0 Å². The van der Waals surface area contributed by atoms with Gasteiger partial charge in [0.05, 0.1) is 5.69 Å². The minimum absolute atomic E-state index is 0.306. The summed E-state index contributed by atoms with van der Waals surface area (Å²) in [5.41, 5.74) is 13.5. The van der Waals surface area contributed by atoms with Crippen molar-refractivity contribution in [2.45, 2.75) is 10.1 Å². The van der Waals surface area contributed by atoms with E-state index in [1.807, 2.05) is 23.6 Å². The number of rotatable bonds is 5. The molecule has 1 unspecified atom stereocenters. The molecule has 0 aliphatic heterocycles. The number of carbonyl (C=O) groups excluding carboxylic acids is 1. The molecular formula is C17H14FN3OS2. The first-order valence-electron chi connectivity index (χ1n) is 7.06. The van der Waals surface area contributed by atoms with E-state index in [0.29, 0.717) is 16.4 Å². The molecule has 0 spiro atoms. The number of hydrogen-bond acceptors (Lipinski definition) is 5. The zero-order valence-corrected chi connectivity index (χ0v) is 14.1. The maximum Gasteiger partial charge on any atom is 0.237 e. The smallest absolute Gasteiger partial charge is 0.237 e. The molecule has 3 aromatic rings. The Morgan fingerprint density at radius 3 is 2.54 bits per heavy atom. The largest absolute Gasteiger partial charge is 0.398 e. The fourth-order valence-electron chi connectivity index (χ4n) is 2.11. The Hall–Kier alpha value is -2.38. The van der Waals surface area contributed by atoms with Gasteiger partial charge in [0.25, 0.3) is 0 Å². The van der Waals surface area contributed by atoms with Crippen molar-refractivity contribution in [2.75, 3.05) is 5.73 Å². The lowest BCUT2D eigenvalue weighted by molar-refractivity contribution is -0.117. The van der Waals surface area contributed by atoms with Crippen molar-refractivity contribution in [3.8, 4) is 11.3 Å². The Kier molecular flexibility index (Phi) is 4.82. The summed E-state index contributed by atoms with van der Waals surface area (Å²) in [6.07, 6.45) is 0. The van der Waals surface area contributed by atoms with E-state index < -0.39 is 11.2 Å². The van der Waals surface area contributed by atoms with E-state index in [1.165, 1.54) is 35.2 Å². The lowest BCUT2D eigenvalue weighted by Crippen LogP contribution is -2.19. The van der Waals surface area contributed by atoms with E-state index in [0.717, 1.165) is 10.5 Å². The number of aromatic nitrogens is 1. The van der Waals surface area contributed by atoms with Gasteiger partial charge in [0, 0.05) is 21.5 Å². The minimum Gasteiger partial charge on any atom is -0.398 e. The van der Waals surface area contributed by atoms with Gasteiger partial charge in [0.2, 0.25) is 5.91 Å². The van der Waals surface area contributed by atoms with Gasteiger partial charge < -0.3 is 11.5 Å². The van der Waals surface area contributed by atoms with Gasteiger partial charge in [-0.05, 0) is 36.4 Å². The number of nitrogen functional groups attached to an aromatic ring is 1. The van der Waals surface area contributed by atoms with Gasteiger partial charge in [0.15, 0.2) is 0 Å². The number of para-hydroxylation sites is 1. The van der Waals surface area contributed by atoms with E-state index in [9.17, 15) is 9.18 Å². The molecule has 122 valence electrons. The van der Waals surface area contributed by atoms with Crippen molar-refractivity contribution in [3.05, 3.63) is 64.7 Å². The average Bonchev–Trinajstić information content (AvgIpc) is 3.04. The molecule has 0 fully saturated rings. The van der Waals surface area contributed by atoms with E-state index in [-0.39, 0.29) is 5.82 Å². The molecule has 0 saturated heterocycles. The van der Waals surface area contributed by atoms with Crippen LogP contribution in [0, 0.1) is 5.82 Å². The van der Waals surface area contributed by atoms with Crippen LogP contribution in [0.4, 0.5) is 10.1 Å². The molecule has 1 atom stereocenters. The molecule has 0 aliphatic rings. The lowest BCUT2D eigenvalue weighted by atomic mass is 10.2. The number of thiazole rings is 1. The Morgan fingerprint density at radius 1 is 1.17 bits per heavy atom. The van der Waals surface area contributed by atoms with Crippen molar-refractivity contribution >= 4 is 34.7 Å². The van der Waals surface area contributed by atoms with E-state index >= 15 is 0 Å². The van der Waals surface area contributed by atoms with Crippen molar-refractivity contribution in [2.24, 2.45) is 5.73 Å². The van der Waals surface area contributed by atoms with Gasteiger partial charge in [-0.15, -0.1) is 23.1 Å². The molecule has 0 bridgehead atoms. The highest BCUT2D eigenvalue weighted by molar-refractivity contribution is 8.00. The highest BCUT2D eigenvalue weighted by atomic mass is 32.2. The Balaban J connectivity index is 1.89. The minimum atomic E-state index is -0.631. The van der Waals surface area contributed by atoms with Crippen LogP contribution in [0.25, 0.3) is 11.3 Å². The molecule has 1 aromatic heterocycles. The Bertz CT molecular complexity index is 864. The van der Waals surface area contributed by atoms with Crippen LogP contribution in [0.5, 0.6) is 0 Å². The van der Waals surface area contributed by atoms with Crippen LogP contribution < -0.4 is 11.5 Å². The molecule has 2 aromatic carbocycles. The summed E-state index contributed by atoms with van der Waals surface area (Å²) in [5.74, 6) is -0.789. The monoisotopic (exact) mass is 359 g/mol. The Morgan fingerprint density at radius 2 is 1.88 bits per heavy atom. The van der Waals surface area contributed by atoms with Crippen LogP contribution in [0.2, 0.25) is 0 Å². The number of halogens is 1. The SMILES string of the molecule is NC(=O)C(Sc1ccccc1N)c1nc(-c2ccc(F)cc2)cs1. The Labute approximate surface area is 146 Å². The number of nitrogens with two attached hydrogens (primary N) is 2. The molecule has 0 aliphatic carbocycles. The van der Waals surface area contributed by atoms with E-state index in [4.69, 9.17) is 11.5 Å². The summed E-state index contributed by atoms with van der Waals surface area (Å²) in [6.45, 7) is 0. The van der Waals surface area contributed by atoms with Crippen LogP contribution in [0.1, 0.15) is 10.3 Å². The van der Waals surface area contributed by atoms with E-state index in [1.54, 1.807) is 18.2 Å². The third-order valence-electron chi connectivity index (χ3n) is 3.31. The first-order valence-corrected chi connectivity index (χ1v) is 8.82. The fourth-order valence-corrected chi connectivity index (χ4v) is 4.11. The zero-order chi connectivity index (χ0) is 17.1. The summed E-state index contributed by atoms with van der Waals surface area (Å²) in [4.78, 5) is 17.2. The van der Waals surface area contributed by atoms with Gasteiger partial charge in [-0.25, -0.2) is 9.37 Å². The lowest BCUT2D eigenvalue weighted by Gasteiger charge is -2.11. The second-order valence-electron chi connectivity index (χ2n) is 5.02. The highest BCUT2D eigenvalue weighted by Gasteiger charge is 2.24. The maximum absolute atomic E-state index is 13.0. The van der Waals surface area contributed by atoms with Gasteiger partial charge in [-0.1, -0.05) is 12.1 Å². The van der Waals surface area contributed by atoms with E-state index in [2.05, 4.69) is 4.98 Å². The molecule has 24 heavy (non-hydrogen) atoms. The number of thioether (sulfide) groups is 1. The second-order valence-corrected chi connectivity index (χ2v) is 7.05. The van der Waals surface area contributed by atoms with Crippen molar-refractivity contribution in [1.82, 2.24) is 4.98 Å². The van der Waals surface area contributed by atoms with Crippen molar-refractivity contribution in [3.63, 3.8) is 0 Å². The predicted molar refractivity (Wildman–Crippen MR) is 96.2 cm³/mol. The van der Waals surface area contributed by atoms with Crippen LogP contribution in [0.3, 0.4) is 0 Å². The van der Waals surface area contributed by atoms with Crippen LogP contribution >= 0.6 is 23.1 Å². The topological polar surface area (TPSA) is 82.0 Å². The third-order valence-corrected chi connectivity index (χ3v) is 5.68. The van der Waals surface area contributed by atoms with Gasteiger partial charge >= 0.3 is 0 Å². The number of primary amides is 1. The van der Waals surface area contributed by atoms with Gasteiger partial charge in [-0.3, -0.25) is 4.79 Å². The van der Waals surface area contributed by atoms with Gasteiger partial charge in [-0.2, -0.15) is 0 Å². The molecule has 7 heteroatoms. The first-order chi connectivity index (χ1) is 11.5. The van der Waals surface area contributed by atoms with Crippen LogP contribution in [-0.2, 0) is 4.79 Å². The molecule has 4 nitrogen and oxygen atoms in total. The number of carbonyl (C=O) groups is 1. The molecule has 4 N–H and O–H groups in total. The molecule has 3 rings (SSSR count). The fraction of sp³-hybridized carbons (Fsp3) is 0.0588. The number of hydrogen-bond donors (Lipinski definition) is 2. The highest BCUT2D eigenvalue weighted by Crippen LogP contribution is 2.39. The summed E-state index contributed by atoms with van der Waals surface area (Å²) < 4.78 is 13.0. The zero-order valence-electron chi connectivity index (χ0n) is 12.5. The summed E-state index contributed by atoms with van der Waals surface area (Å²) in [6, 6.07) is 13.3. The first kappa shape index (κ1) is 16.5. The van der Waals surface area contributed by atoms with Crippen LogP contribution in [0.15, 0.2) is 58.8 Å². The van der Waals surface area contributed by atoms with Gasteiger partial charge in [0.1, 0.15) is 16.1 Å². The summed E-state index contributed by atoms with van der Waals surface area (Å²) in [7, 11) is 0.